The summed E-state index contributed by atoms with van der Waals surface area (Å²) in [5.74, 6) is 1.02. The number of aromatic nitrogens is 3. The Hall–Kier alpha value is -3.20. The molecule has 0 unspecified atom stereocenters. The minimum absolute atomic E-state index is 0.121. The molecule has 3 aromatic rings. The van der Waals surface area contributed by atoms with Crippen LogP contribution >= 0.6 is 12.2 Å². The minimum atomic E-state index is -0.428. The fraction of sp³-hybridized carbons (Fsp3) is 0.263. The van der Waals surface area contributed by atoms with Crippen LogP contribution in [0.15, 0.2) is 34.7 Å². The molecule has 2 heterocycles. The standard InChI is InChI=1S/C19H21N5O3S/c1-11-4-6-14(7-5-11)17-21-23-19(28)24(17)9-8-16(25)20-22-18(26)15-10-12(2)27-13(15)3/h4-7,10H,8-9H2,1-3H3,(H,20,25)(H,22,26)(H,23,28). The molecule has 3 N–H and O–H groups in total. The second kappa shape index (κ2) is 8.22. The lowest BCUT2D eigenvalue weighted by molar-refractivity contribution is -0.122. The van der Waals surface area contributed by atoms with Gasteiger partial charge in [0.2, 0.25) is 5.91 Å². The second-order valence-corrected chi connectivity index (χ2v) is 6.84. The molecular weight excluding hydrogens is 378 g/mol. The zero-order chi connectivity index (χ0) is 20.3. The Morgan fingerprint density at radius 3 is 2.54 bits per heavy atom. The van der Waals surface area contributed by atoms with Gasteiger partial charge in [0, 0.05) is 18.5 Å². The van der Waals surface area contributed by atoms with E-state index in [1.54, 1.807) is 24.5 Å². The van der Waals surface area contributed by atoms with Crippen LogP contribution in [-0.2, 0) is 11.3 Å². The van der Waals surface area contributed by atoms with E-state index in [0.717, 1.165) is 11.1 Å². The van der Waals surface area contributed by atoms with E-state index in [9.17, 15) is 9.59 Å². The first-order chi connectivity index (χ1) is 13.3. The highest BCUT2D eigenvalue weighted by atomic mass is 32.1. The van der Waals surface area contributed by atoms with Crippen LogP contribution in [0.1, 0.15) is 33.9 Å². The predicted octanol–water partition coefficient (Wildman–Crippen LogP) is 2.98. The van der Waals surface area contributed by atoms with Crippen molar-refractivity contribution in [3.05, 3.63) is 57.8 Å². The molecule has 2 amide bonds. The molecule has 146 valence electrons. The fourth-order valence-electron chi connectivity index (χ4n) is 2.77. The van der Waals surface area contributed by atoms with Gasteiger partial charge in [0.1, 0.15) is 11.5 Å². The van der Waals surface area contributed by atoms with Crippen LogP contribution in [0.25, 0.3) is 11.4 Å². The van der Waals surface area contributed by atoms with Gasteiger partial charge in [0.05, 0.1) is 5.56 Å². The van der Waals surface area contributed by atoms with Gasteiger partial charge in [-0.15, -0.1) is 0 Å². The number of H-pyrrole nitrogens is 1. The van der Waals surface area contributed by atoms with Crippen molar-refractivity contribution < 1.29 is 14.0 Å². The predicted molar refractivity (Wildman–Crippen MR) is 106 cm³/mol. The normalized spacial score (nSPS) is 10.7. The highest BCUT2D eigenvalue weighted by molar-refractivity contribution is 7.71. The Bertz CT molecular complexity index is 1060. The third-order valence-corrected chi connectivity index (χ3v) is 4.54. The number of carbonyl (C=O) groups is 2. The maximum absolute atomic E-state index is 12.1. The van der Waals surface area contributed by atoms with Gasteiger partial charge in [-0.1, -0.05) is 29.8 Å². The van der Waals surface area contributed by atoms with E-state index in [2.05, 4.69) is 21.0 Å². The molecule has 0 spiro atoms. The van der Waals surface area contributed by atoms with Gasteiger partial charge in [-0.3, -0.25) is 30.1 Å². The van der Waals surface area contributed by atoms with Crippen LogP contribution in [-0.4, -0.2) is 26.6 Å². The number of amides is 2. The van der Waals surface area contributed by atoms with E-state index in [4.69, 9.17) is 16.6 Å². The van der Waals surface area contributed by atoms with Crippen LogP contribution in [0.5, 0.6) is 0 Å². The monoisotopic (exact) mass is 399 g/mol. The number of furan rings is 1. The lowest BCUT2D eigenvalue weighted by atomic mass is 10.1. The van der Waals surface area contributed by atoms with Crippen LogP contribution in [0.2, 0.25) is 0 Å². The number of hydrogen-bond acceptors (Lipinski definition) is 5. The van der Waals surface area contributed by atoms with Gasteiger partial charge < -0.3 is 4.42 Å². The van der Waals surface area contributed by atoms with E-state index >= 15 is 0 Å². The van der Waals surface area contributed by atoms with E-state index in [-0.39, 0.29) is 12.3 Å². The molecule has 0 aliphatic carbocycles. The van der Waals surface area contributed by atoms with E-state index in [1.165, 1.54) is 0 Å². The zero-order valence-corrected chi connectivity index (χ0v) is 16.6. The van der Waals surface area contributed by atoms with Crippen molar-refractivity contribution >= 4 is 24.0 Å². The first kappa shape index (κ1) is 19.6. The molecule has 0 atom stereocenters. The molecule has 0 bridgehead atoms. The van der Waals surface area contributed by atoms with Gasteiger partial charge in [-0.25, -0.2) is 0 Å². The van der Waals surface area contributed by atoms with Crippen LogP contribution in [0, 0.1) is 25.5 Å². The number of rotatable bonds is 5. The smallest absolute Gasteiger partial charge is 0.273 e. The number of nitrogens with zero attached hydrogens (tertiary/aromatic N) is 2. The van der Waals surface area contributed by atoms with Crippen molar-refractivity contribution in [2.45, 2.75) is 33.7 Å². The van der Waals surface area contributed by atoms with Crippen molar-refractivity contribution in [1.82, 2.24) is 25.6 Å². The first-order valence-corrected chi connectivity index (χ1v) is 9.14. The minimum Gasteiger partial charge on any atom is -0.466 e. The summed E-state index contributed by atoms with van der Waals surface area (Å²) >= 11 is 5.27. The lowest BCUT2D eigenvalue weighted by Crippen LogP contribution is -2.42. The maximum atomic E-state index is 12.1. The number of nitrogens with one attached hydrogen (secondary N) is 3. The van der Waals surface area contributed by atoms with Crippen molar-refractivity contribution in [3.63, 3.8) is 0 Å². The lowest BCUT2D eigenvalue weighted by Gasteiger charge is -2.09. The summed E-state index contributed by atoms with van der Waals surface area (Å²) < 4.78 is 7.50. The summed E-state index contributed by atoms with van der Waals surface area (Å²) in [6.07, 6.45) is 0.121. The van der Waals surface area contributed by atoms with Crippen LogP contribution in [0.4, 0.5) is 0 Å². The quantitative estimate of drug-likeness (QED) is 0.452. The molecule has 0 aliphatic rings. The number of aryl methyl sites for hydroxylation is 3. The molecule has 0 aliphatic heterocycles. The molecular formula is C19H21N5O3S. The summed E-state index contributed by atoms with van der Waals surface area (Å²) in [5, 5.41) is 7.01. The number of hydrogen-bond donors (Lipinski definition) is 3. The number of aromatic amines is 1. The van der Waals surface area contributed by atoms with Gasteiger partial charge in [0.25, 0.3) is 5.91 Å². The van der Waals surface area contributed by atoms with Crippen molar-refractivity contribution in [3.8, 4) is 11.4 Å². The van der Waals surface area contributed by atoms with Crippen molar-refractivity contribution in [2.24, 2.45) is 0 Å². The Balaban J connectivity index is 1.60. The second-order valence-electron chi connectivity index (χ2n) is 6.45. The van der Waals surface area contributed by atoms with Crippen molar-refractivity contribution in [1.29, 1.82) is 0 Å². The van der Waals surface area contributed by atoms with Gasteiger partial charge in [0.15, 0.2) is 10.6 Å². The highest BCUT2D eigenvalue weighted by Crippen LogP contribution is 2.18. The molecule has 9 heteroatoms. The average Bonchev–Trinajstić information content (AvgIpc) is 3.20. The van der Waals surface area contributed by atoms with Gasteiger partial charge >= 0.3 is 0 Å². The molecule has 2 aromatic heterocycles. The molecule has 28 heavy (non-hydrogen) atoms. The number of carbonyl (C=O) groups excluding carboxylic acids is 2. The zero-order valence-electron chi connectivity index (χ0n) is 15.8. The Labute approximate surface area is 166 Å². The number of hydrazine groups is 1. The highest BCUT2D eigenvalue weighted by Gasteiger charge is 2.15. The van der Waals surface area contributed by atoms with E-state index in [1.807, 2.05) is 31.2 Å². The molecule has 8 nitrogen and oxygen atoms in total. The average molecular weight is 399 g/mol. The molecule has 0 saturated heterocycles. The van der Waals surface area contributed by atoms with Gasteiger partial charge in [-0.05, 0) is 39.1 Å². The molecule has 0 radical (unpaired) electrons. The SMILES string of the molecule is Cc1ccc(-c2n[nH]c(=S)n2CCC(=O)NNC(=O)c2cc(C)oc2C)cc1. The largest absolute Gasteiger partial charge is 0.466 e. The first-order valence-electron chi connectivity index (χ1n) is 8.73. The van der Waals surface area contributed by atoms with E-state index < -0.39 is 5.91 Å². The summed E-state index contributed by atoms with van der Waals surface area (Å²) in [6, 6.07) is 9.49. The molecule has 0 fully saturated rings. The molecule has 0 saturated carbocycles. The summed E-state index contributed by atoms with van der Waals surface area (Å²) in [6.45, 7) is 5.77. The van der Waals surface area contributed by atoms with E-state index in [0.29, 0.717) is 34.2 Å². The molecule has 1 aromatic carbocycles. The number of benzene rings is 1. The molecule has 3 rings (SSSR count). The van der Waals surface area contributed by atoms with Crippen LogP contribution < -0.4 is 10.9 Å². The summed E-state index contributed by atoms with van der Waals surface area (Å²) in [7, 11) is 0. The fourth-order valence-corrected chi connectivity index (χ4v) is 3.00. The third-order valence-electron chi connectivity index (χ3n) is 4.23. The topological polar surface area (TPSA) is 105 Å². The van der Waals surface area contributed by atoms with Crippen molar-refractivity contribution in [2.75, 3.05) is 0 Å². The summed E-state index contributed by atoms with van der Waals surface area (Å²) in [5.41, 5.74) is 7.23. The van der Waals surface area contributed by atoms with Gasteiger partial charge in [-0.2, -0.15) is 5.10 Å². The van der Waals surface area contributed by atoms with Crippen LogP contribution in [0.3, 0.4) is 0 Å². The Morgan fingerprint density at radius 1 is 1.18 bits per heavy atom. The maximum Gasteiger partial charge on any atom is 0.273 e. The summed E-state index contributed by atoms with van der Waals surface area (Å²) in [4.78, 5) is 24.3. The Kier molecular flexibility index (Phi) is 5.74. The Morgan fingerprint density at radius 2 is 1.89 bits per heavy atom. The third kappa shape index (κ3) is 4.37.